The SMILES string of the molecule is CC(=O)SCC(=Cc1cnc(C#N)nc1)B1OC(C)(C)C(C)(C)O1. The summed E-state index contributed by atoms with van der Waals surface area (Å²) in [6.45, 7) is 9.44. The van der Waals surface area contributed by atoms with Gasteiger partial charge in [0.25, 0.3) is 0 Å². The Bertz CT molecular complexity index is 680. The highest BCUT2D eigenvalue weighted by atomic mass is 32.2. The lowest BCUT2D eigenvalue weighted by molar-refractivity contribution is -0.109. The Morgan fingerprint density at radius 3 is 2.29 bits per heavy atom. The summed E-state index contributed by atoms with van der Waals surface area (Å²) in [4.78, 5) is 19.3. The highest BCUT2D eigenvalue weighted by molar-refractivity contribution is 8.13. The summed E-state index contributed by atoms with van der Waals surface area (Å²) in [6.07, 6.45) is 4.98. The van der Waals surface area contributed by atoms with E-state index in [2.05, 4.69) is 9.97 Å². The van der Waals surface area contributed by atoms with Gasteiger partial charge in [-0.2, -0.15) is 5.26 Å². The molecule has 1 aromatic heterocycles. The molecule has 0 saturated carbocycles. The van der Waals surface area contributed by atoms with Crippen LogP contribution < -0.4 is 0 Å². The number of aromatic nitrogens is 2. The number of thioether (sulfide) groups is 1. The monoisotopic (exact) mass is 345 g/mol. The van der Waals surface area contributed by atoms with Gasteiger partial charge in [-0.25, -0.2) is 9.97 Å². The molecule has 0 unspecified atom stereocenters. The normalized spacial score (nSPS) is 19.2. The van der Waals surface area contributed by atoms with Crippen LogP contribution in [-0.2, 0) is 14.1 Å². The molecule has 1 aliphatic rings. The highest BCUT2D eigenvalue weighted by Gasteiger charge is 2.52. The van der Waals surface area contributed by atoms with Crippen LogP contribution in [0.3, 0.4) is 0 Å². The smallest absolute Gasteiger partial charge is 0.400 e. The largest absolute Gasteiger partial charge is 0.491 e. The number of hydrogen-bond donors (Lipinski definition) is 0. The van der Waals surface area contributed by atoms with Crippen molar-refractivity contribution in [3.63, 3.8) is 0 Å². The fourth-order valence-corrected chi connectivity index (χ4v) is 2.63. The lowest BCUT2D eigenvalue weighted by Gasteiger charge is -2.32. The molecule has 0 aliphatic carbocycles. The third-order valence-electron chi connectivity index (χ3n) is 4.12. The van der Waals surface area contributed by atoms with Crippen LogP contribution in [0.25, 0.3) is 6.08 Å². The fraction of sp³-hybridized carbons (Fsp3) is 0.500. The summed E-state index contributed by atoms with van der Waals surface area (Å²) in [5.74, 6) is 0.564. The van der Waals surface area contributed by atoms with Gasteiger partial charge in [0.15, 0.2) is 5.12 Å². The molecule has 2 heterocycles. The maximum atomic E-state index is 11.3. The van der Waals surface area contributed by atoms with E-state index in [9.17, 15) is 4.79 Å². The second-order valence-electron chi connectivity index (χ2n) is 6.54. The van der Waals surface area contributed by atoms with Gasteiger partial charge in [0, 0.05) is 30.6 Å². The first-order valence-electron chi connectivity index (χ1n) is 7.56. The van der Waals surface area contributed by atoms with Crippen molar-refractivity contribution in [3.05, 3.63) is 29.3 Å². The Balaban J connectivity index is 2.29. The zero-order chi connectivity index (χ0) is 18.0. The summed E-state index contributed by atoms with van der Waals surface area (Å²) >= 11 is 1.19. The minimum atomic E-state index is -0.544. The second-order valence-corrected chi connectivity index (χ2v) is 7.69. The van der Waals surface area contributed by atoms with Crippen molar-refractivity contribution in [2.75, 3.05) is 5.75 Å². The number of carbonyl (C=O) groups is 1. The van der Waals surface area contributed by atoms with Gasteiger partial charge < -0.3 is 9.31 Å². The van der Waals surface area contributed by atoms with E-state index in [0.717, 1.165) is 11.0 Å². The van der Waals surface area contributed by atoms with Crippen molar-refractivity contribution in [3.8, 4) is 6.07 Å². The van der Waals surface area contributed by atoms with Gasteiger partial charge in [0.1, 0.15) is 6.07 Å². The quantitative estimate of drug-likeness (QED) is 0.776. The lowest BCUT2D eigenvalue weighted by Crippen LogP contribution is -2.41. The van der Waals surface area contributed by atoms with Crippen molar-refractivity contribution in [1.82, 2.24) is 9.97 Å². The molecule has 0 aromatic carbocycles. The molecular formula is C16H20BN3O3S. The van der Waals surface area contributed by atoms with Gasteiger partial charge in [0.05, 0.1) is 11.2 Å². The van der Waals surface area contributed by atoms with E-state index < -0.39 is 18.3 Å². The fourth-order valence-electron chi connectivity index (χ4n) is 2.04. The highest BCUT2D eigenvalue weighted by Crippen LogP contribution is 2.39. The molecule has 1 saturated heterocycles. The number of rotatable bonds is 4. The van der Waals surface area contributed by atoms with E-state index in [0.29, 0.717) is 5.75 Å². The van der Waals surface area contributed by atoms with Crippen LogP contribution in [0.1, 0.15) is 46.0 Å². The molecular weight excluding hydrogens is 325 g/mol. The first-order chi connectivity index (χ1) is 11.1. The minimum absolute atomic E-state index is 0.0218. The van der Waals surface area contributed by atoms with Gasteiger partial charge in [0.2, 0.25) is 5.82 Å². The van der Waals surface area contributed by atoms with Crippen molar-refractivity contribution in [2.24, 2.45) is 0 Å². The Kier molecular flexibility index (Phi) is 5.48. The van der Waals surface area contributed by atoms with Crippen molar-refractivity contribution in [1.29, 1.82) is 5.26 Å². The minimum Gasteiger partial charge on any atom is -0.400 e. The van der Waals surface area contributed by atoms with Crippen LogP contribution >= 0.6 is 11.8 Å². The molecule has 0 spiro atoms. The Morgan fingerprint density at radius 1 is 1.29 bits per heavy atom. The van der Waals surface area contributed by atoms with Crippen LogP contribution in [0.4, 0.5) is 0 Å². The van der Waals surface area contributed by atoms with Crippen LogP contribution in [0.5, 0.6) is 0 Å². The summed E-state index contributed by atoms with van der Waals surface area (Å²) in [6, 6.07) is 1.88. The topological polar surface area (TPSA) is 85.1 Å². The third kappa shape index (κ3) is 4.23. The van der Waals surface area contributed by atoms with Gasteiger partial charge in [-0.15, -0.1) is 0 Å². The molecule has 0 radical (unpaired) electrons. The molecule has 1 aromatic rings. The maximum absolute atomic E-state index is 11.3. The van der Waals surface area contributed by atoms with Gasteiger partial charge in [-0.3, -0.25) is 4.79 Å². The molecule has 0 atom stereocenters. The maximum Gasteiger partial charge on any atom is 0.491 e. The molecule has 0 bridgehead atoms. The lowest BCUT2D eigenvalue weighted by atomic mass is 9.78. The van der Waals surface area contributed by atoms with Crippen LogP contribution in [-0.4, -0.2) is 39.2 Å². The molecule has 2 rings (SSSR count). The predicted molar refractivity (Wildman–Crippen MR) is 93.9 cm³/mol. The Morgan fingerprint density at radius 2 is 1.83 bits per heavy atom. The van der Waals surface area contributed by atoms with Crippen molar-refractivity contribution < 1.29 is 14.1 Å². The standard InChI is InChI=1S/C16H20BN3O3S/c1-11(21)24-10-13(6-12-8-19-14(7-18)20-9-12)17-22-15(2,3)16(4,5)23-17/h6,8-9H,10H2,1-5H3. The summed E-state index contributed by atoms with van der Waals surface area (Å²) in [5, 5.41) is 8.79. The molecule has 1 fully saturated rings. The van der Waals surface area contributed by atoms with E-state index >= 15 is 0 Å². The number of nitriles is 1. The zero-order valence-corrected chi connectivity index (χ0v) is 15.3. The molecule has 6 nitrogen and oxygen atoms in total. The molecule has 0 N–H and O–H groups in total. The Labute approximate surface area is 146 Å². The van der Waals surface area contributed by atoms with Crippen LogP contribution in [0.15, 0.2) is 17.9 Å². The van der Waals surface area contributed by atoms with Crippen LogP contribution in [0, 0.1) is 11.3 Å². The van der Waals surface area contributed by atoms with E-state index in [1.54, 1.807) is 12.4 Å². The molecule has 1 aliphatic heterocycles. The van der Waals surface area contributed by atoms with Gasteiger partial charge in [-0.1, -0.05) is 17.8 Å². The summed E-state index contributed by atoms with van der Waals surface area (Å²) in [7, 11) is -0.544. The average molecular weight is 345 g/mol. The molecule has 8 heteroatoms. The third-order valence-corrected chi connectivity index (χ3v) is 5.01. The molecule has 0 amide bonds. The average Bonchev–Trinajstić information content (AvgIpc) is 2.72. The first-order valence-corrected chi connectivity index (χ1v) is 8.55. The predicted octanol–water partition coefficient (Wildman–Crippen LogP) is 2.64. The summed E-state index contributed by atoms with van der Waals surface area (Å²) < 4.78 is 12.1. The second kappa shape index (κ2) is 7.05. The number of carbonyl (C=O) groups excluding carboxylic acids is 1. The number of hydrogen-bond acceptors (Lipinski definition) is 7. The van der Waals surface area contributed by atoms with Crippen molar-refractivity contribution >= 4 is 30.1 Å². The van der Waals surface area contributed by atoms with Gasteiger partial charge >= 0.3 is 7.12 Å². The van der Waals surface area contributed by atoms with Gasteiger partial charge in [-0.05, 0) is 33.2 Å². The first kappa shape index (κ1) is 18.7. The molecule has 126 valence electrons. The number of nitrogens with zero attached hydrogens (tertiary/aromatic N) is 3. The van der Waals surface area contributed by atoms with E-state index in [4.69, 9.17) is 14.6 Å². The summed E-state index contributed by atoms with van der Waals surface area (Å²) in [5.41, 5.74) is 0.627. The van der Waals surface area contributed by atoms with E-state index in [1.165, 1.54) is 18.7 Å². The Hall–Kier alpha value is -1.69. The van der Waals surface area contributed by atoms with Crippen molar-refractivity contribution in [2.45, 2.75) is 45.8 Å². The zero-order valence-electron chi connectivity index (χ0n) is 14.5. The van der Waals surface area contributed by atoms with E-state index in [1.807, 2.05) is 39.8 Å². The van der Waals surface area contributed by atoms with E-state index in [-0.39, 0.29) is 10.9 Å². The van der Waals surface area contributed by atoms with Crippen LogP contribution in [0.2, 0.25) is 0 Å². The molecule has 24 heavy (non-hydrogen) atoms.